The first kappa shape index (κ1) is 25.0. The van der Waals surface area contributed by atoms with Crippen LogP contribution in [0.4, 0.5) is 19.0 Å². The first-order valence-corrected chi connectivity index (χ1v) is 10.7. The van der Waals surface area contributed by atoms with Crippen molar-refractivity contribution in [2.45, 2.75) is 39.7 Å². The summed E-state index contributed by atoms with van der Waals surface area (Å²) in [6.45, 7) is 10.1. The van der Waals surface area contributed by atoms with Gasteiger partial charge in [-0.2, -0.15) is 5.10 Å². The molecule has 1 aromatic carbocycles. The lowest BCUT2D eigenvalue weighted by molar-refractivity contribution is 0.0136. The topological polar surface area (TPSA) is 59.8 Å². The van der Waals surface area contributed by atoms with Crippen LogP contribution >= 0.6 is 0 Å². The van der Waals surface area contributed by atoms with Crippen molar-refractivity contribution >= 4 is 23.5 Å². The summed E-state index contributed by atoms with van der Waals surface area (Å²) in [5, 5.41) is 13.0. The molecule has 2 aromatic heterocycles. The van der Waals surface area contributed by atoms with Gasteiger partial charge in [-0.05, 0) is 44.1 Å². The fourth-order valence-electron chi connectivity index (χ4n) is 3.72. The minimum atomic E-state index is -3.31. The minimum absolute atomic E-state index is 0.0891. The molecule has 2 heterocycles. The van der Waals surface area contributed by atoms with E-state index in [0.717, 1.165) is 16.8 Å². The zero-order chi connectivity index (χ0) is 25.2. The van der Waals surface area contributed by atoms with Gasteiger partial charge >= 0.3 is 0 Å². The molecule has 0 spiro atoms. The molecule has 0 radical (unpaired) electrons. The summed E-state index contributed by atoms with van der Waals surface area (Å²) in [7, 11) is 1.65. The number of nitrogens with zero attached hydrogens (tertiary/aromatic N) is 3. The van der Waals surface area contributed by atoms with Gasteiger partial charge in [0.25, 0.3) is 5.92 Å². The second-order valence-corrected chi connectivity index (χ2v) is 8.25. The molecule has 5 nitrogen and oxygen atoms in total. The zero-order valence-corrected chi connectivity index (χ0v) is 19.8. The molecule has 1 atom stereocenters. The van der Waals surface area contributed by atoms with Crippen molar-refractivity contribution in [3.8, 4) is 0 Å². The van der Waals surface area contributed by atoms with Crippen LogP contribution in [0.1, 0.15) is 49.2 Å². The third-order valence-corrected chi connectivity index (χ3v) is 5.62. The monoisotopic (exact) mass is 468 g/mol. The van der Waals surface area contributed by atoms with E-state index < -0.39 is 23.3 Å². The Labute approximate surface area is 196 Å². The van der Waals surface area contributed by atoms with E-state index in [4.69, 9.17) is 0 Å². The van der Waals surface area contributed by atoms with Gasteiger partial charge in [-0.3, -0.25) is 4.79 Å². The molecular formula is C26H27F3N4O. The molecule has 0 amide bonds. The summed E-state index contributed by atoms with van der Waals surface area (Å²) in [5.41, 5.74) is 1.33. The van der Waals surface area contributed by atoms with Crippen molar-refractivity contribution in [1.29, 1.82) is 0 Å². The third-order valence-electron chi connectivity index (χ3n) is 5.62. The number of benzene rings is 1. The number of nitrogens with one attached hydrogen (secondary N) is 1. The summed E-state index contributed by atoms with van der Waals surface area (Å²) in [6.07, 6.45) is 5.36. The Bertz CT molecular complexity index is 1420. The number of allylic oxidation sites excluding steroid dienone is 1. The predicted molar refractivity (Wildman–Crippen MR) is 129 cm³/mol. The molecular weight excluding hydrogens is 441 g/mol. The molecule has 0 fully saturated rings. The van der Waals surface area contributed by atoms with Crippen molar-refractivity contribution in [2.24, 2.45) is 7.05 Å². The lowest BCUT2D eigenvalue weighted by Crippen LogP contribution is -2.34. The van der Waals surface area contributed by atoms with Gasteiger partial charge in [0.1, 0.15) is 5.82 Å². The number of aryl methyl sites for hydroxylation is 2. The molecule has 1 N–H and O–H groups in total. The van der Waals surface area contributed by atoms with Crippen molar-refractivity contribution in [1.82, 2.24) is 14.8 Å². The van der Waals surface area contributed by atoms with Crippen molar-refractivity contribution < 1.29 is 13.2 Å². The quantitative estimate of drug-likeness (QED) is 0.589. The molecule has 0 unspecified atom stereocenters. The van der Waals surface area contributed by atoms with Gasteiger partial charge in [-0.25, -0.2) is 13.2 Å². The van der Waals surface area contributed by atoms with Gasteiger partial charge in [0, 0.05) is 42.2 Å². The van der Waals surface area contributed by atoms with Crippen LogP contribution in [0, 0.1) is 12.7 Å². The second-order valence-electron chi connectivity index (χ2n) is 8.25. The Hall–Kier alpha value is -3.68. The third kappa shape index (κ3) is 5.11. The Morgan fingerprint density at radius 3 is 2.53 bits per heavy atom. The normalized spacial score (nSPS) is 13.8. The Morgan fingerprint density at radius 2 is 1.91 bits per heavy atom. The predicted octanol–water partition coefficient (Wildman–Crippen LogP) is 4.20. The van der Waals surface area contributed by atoms with E-state index in [9.17, 15) is 18.0 Å². The average Bonchev–Trinajstić information content (AvgIpc) is 2.76. The van der Waals surface area contributed by atoms with E-state index in [-0.39, 0.29) is 11.1 Å². The minimum Gasteiger partial charge on any atom is -0.361 e. The van der Waals surface area contributed by atoms with Crippen LogP contribution in [0.3, 0.4) is 0 Å². The Kier molecular flexibility index (Phi) is 7.09. The van der Waals surface area contributed by atoms with E-state index in [2.05, 4.69) is 22.1 Å². The van der Waals surface area contributed by atoms with Crippen LogP contribution < -0.4 is 21.3 Å². The molecule has 3 rings (SSSR count). The van der Waals surface area contributed by atoms with Crippen LogP contribution in [0.5, 0.6) is 0 Å². The van der Waals surface area contributed by atoms with Gasteiger partial charge in [-0.1, -0.05) is 30.9 Å². The maximum Gasteiger partial charge on any atom is 0.273 e. The fourth-order valence-corrected chi connectivity index (χ4v) is 3.72. The maximum absolute atomic E-state index is 14.9. The number of halogens is 3. The Balaban J connectivity index is 2.11. The molecule has 3 aromatic rings. The standard InChI is InChI=1S/C26H27F3N4O/c1-7-19-17(4)31-32-25(21(19)13-15(2)18-11-12-23(34)33(6)14-18)30-16(3)20-9-8-10-22(24(20)27)26(5,28)29/h7-14,16H,2H2,1,3-6H3,(H,30,32)/b19-7-,21-13+/t16-/m1/s1. The number of hydrogen-bond donors (Lipinski definition) is 1. The average molecular weight is 469 g/mol. The van der Waals surface area contributed by atoms with Crippen molar-refractivity contribution in [2.75, 3.05) is 5.32 Å². The molecule has 0 saturated heterocycles. The van der Waals surface area contributed by atoms with Crippen molar-refractivity contribution in [3.05, 3.63) is 92.1 Å². The summed E-state index contributed by atoms with van der Waals surface area (Å²) in [5.74, 6) is -3.91. The molecule has 0 aliphatic heterocycles. The number of anilines is 1. The van der Waals surface area contributed by atoms with E-state index in [1.165, 1.54) is 22.8 Å². The fraction of sp³-hybridized carbons (Fsp3) is 0.269. The summed E-state index contributed by atoms with van der Waals surface area (Å²) >= 11 is 0. The maximum atomic E-state index is 14.9. The Morgan fingerprint density at radius 1 is 1.21 bits per heavy atom. The highest BCUT2D eigenvalue weighted by molar-refractivity contribution is 5.87. The lowest BCUT2D eigenvalue weighted by Gasteiger charge is -2.19. The smallest absolute Gasteiger partial charge is 0.273 e. The van der Waals surface area contributed by atoms with E-state index >= 15 is 0 Å². The highest BCUT2D eigenvalue weighted by atomic mass is 19.3. The largest absolute Gasteiger partial charge is 0.361 e. The molecule has 178 valence electrons. The van der Waals surface area contributed by atoms with Gasteiger partial charge < -0.3 is 9.88 Å². The summed E-state index contributed by atoms with van der Waals surface area (Å²) < 4.78 is 44.0. The van der Waals surface area contributed by atoms with Crippen LogP contribution in [0.2, 0.25) is 0 Å². The molecule has 0 aliphatic carbocycles. The van der Waals surface area contributed by atoms with E-state index in [0.29, 0.717) is 29.2 Å². The molecule has 0 saturated carbocycles. The van der Waals surface area contributed by atoms with Gasteiger partial charge in [0.2, 0.25) is 5.56 Å². The summed E-state index contributed by atoms with van der Waals surface area (Å²) in [4.78, 5) is 11.7. The second kappa shape index (κ2) is 9.67. The van der Waals surface area contributed by atoms with Crippen LogP contribution in [0.25, 0.3) is 17.7 Å². The number of hydrogen-bond acceptors (Lipinski definition) is 4. The molecule has 0 bridgehead atoms. The number of pyridine rings is 1. The first-order chi connectivity index (χ1) is 15.9. The van der Waals surface area contributed by atoms with E-state index in [1.807, 2.05) is 19.9 Å². The van der Waals surface area contributed by atoms with Crippen LogP contribution in [-0.2, 0) is 13.0 Å². The number of alkyl halides is 2. The molecule has 0 aliphatic rings. The van der Waals surface area contributed by atoms with Crippen LogP contribution in [-0.4, -0.2) is 14.8 Å². The molecule has 8 heteroatoms. The number of aromatic nitrogens is 3. The lowest BCUT2D eigenvalue weighted by atomic mass is 10.0. The van der Waals surface area contributed by atoms with E-state index in [1.54, 1.807) is 32.3 Å². The first-order valence-electron chi connectivity index (χ1n) is 10.7. The van der Waals surface area contributed by atoms with Crippen LogP contribution in [0.15, 0.2) is 47.9 Å². The van der Waals surface area contributed by atoms with Gasteiger partial charge in [-0.15, -0.1) is 5.10 Å². The zero-order valence-electron chi connectivity index (χ0n) is 19.8. The van der Waals surface area contributed by atoms with Gasteiger partial charge in [0.15, 0.2) is 5.82 Å². The summed E-state index contributed by atoms with van der Waals surface area (Å²) in [6, 6.07) is 6.41. The van der Waals surface area contributed by atoms with Crippen molar-refractivity contribution in [3.63, 3.8) is 0 Å². The molecule has 34 heavy (non-hydrogen) atoms. The highest BCUT2D eigenvalue weighted by Crippen LogP contribution is 2.32. The highest BCUT2D eigenvalue weighted by Gasteiger charge is 2.30. The number of rotatable bonds is 6. The SMILES string of the molecule is C=C(/C=c1/c(N[C@H](C)c2cccc(C(C)(F)F)c2F)nnc(C)/c1=C/C)c1ccc(=O)n(C)c1. The van der Waals surface area contributed by atoms with Gasteiger partial charge in [0.05, 0.1) is 17.3 Å².